The molecule has 6 heteroatoms. The first-order chi connectivity index (χ1) is 12.4. The number of unbranched alkanes of at least 4 members (excludes halogenated alkanes) is 13. The van der Waals surface area contributed by atoms with Crippen molar-refractivity contribution in [1.29, 1.82) is 0 Å². The standard InChI is InChI=1S/C21H44O4S.Na/c1-3-5-7-9-11-13-14-16-18-20(22)21(26(23,24)25)19-17-15-12-10-8-6-4-2;/h20-22H,3-19H2,1-2H3,(H,23,24,25);/q;+1/p-1. The maximum absolute atomic E-state index is 11.5. The summed E-state index contributed by atoms with van der Waals surface area (Å²) in [6, 6.07) is 0. The van der Waals surface area contributed by atoms with E-state index >= 15 is 0 Å². The van der Waals surface area contributed by atoms with E-state index in [1.165, 1.54) is 57.8 Å². The number of aliphatic hydroxyl groups excluding tert-OH is 1. The van der Waals surface area contributed by atoms with E-state index in [0.717, 1.165) is 32.1 Å². The summed E-state index contributed by atoms with van der Waals surface area (Å²) in [4.78, 5) is 0. The monoisotopic (exact) mass is 414 g/mol. The van der Waals surface area contributed by atoms with Gasteiger partial charge in [-0.25, -0.2) is 8.42 Å². The van der Waals surface area contributed by atoms with Crippen molar-refractivity contribution in [2.75, 3.05) is 0 Å². The molecule has 0 aliphatic rings. The summed E-state index contributed by atoms with van der Waals surface area (Å²) in [7, 11) is -4.42. The minimum atomic E-state index is -4.42. The van der Waals surface area contributed by atoms with Crippen molar-refractivity contribution in [3.8, 4) is 0 Å². The summed E-state index contributed by atoms with van der Waals surface area (Å²) in [5.41, 5.74) is 0. The molecule has 158 valence electrons. The van der Waals surface area contributed by atoms with Gasteiger partial charge in [-0.05, 0) is 12.8 Å². The molecule has 1 N–H and O–H groups in total. The van der Waals surface area contributed by atoms with Crippen LogP contribution in [0, 0.1) is 0 Å². The molecule has 0 aliphatic heterocycles. The molecule has 0 aromatic rings. The fourth-order valence-electron chi connectivity index (χ4n) is 3.50. The van der Waals surface area contributed by atoms with E-state index in [9.17, 15) is 18.1 Å². The Labute approximate surface area is 191 Å². The minimum absolute atomic E-state index is 0. The van der Waals surface area contributed by atoms with Gasteiger partial charge < -0.3 is 9.66 Å². The molecule has 2 atom stereocenters. The van der Waals surface area contributed by atoms with Gasteiger partial charge in [0, 0.05) is 0 Å². The molecule has 0 aromatic heterocycles. The van der Waals surface area contributed by atoms with Gasteiger partial charge in [-0.1, -0.05) is 110 Å². The van der Waals surface area contributed by atoms with Crippen LogP contribution in [0.1, 0.15) is 123 Å². The fourth-order valence-corrected chi connectivity index (χ4v) is 4.48. The molecule has 27 heavy (non-hydrogen) atoms. The van der Waals surface area contributed by atoms with Gasteiger partial charge in [0.2, 0.25) is 0 Å². The molecule has 0 saturated carbocycles. The summed E-state index contributed by atoms with van der Waals surface area (Å²) in [6.45, 7) is 4.38. The van der Waals surface area contributed by atoms with Crippen molar-refractivity contribution >= 4 is 10.1 Å². The number of rotatable bonds is 19. The smallest absolute Gasteiger partial charge is 0.748 e. The molecule has 0 aromatic carbocycles. The first kappa shape index (κ1) is 30.1. The Hall–Kier alpha value is 0.870. The molecule has 2 unspecified atom stereocenters. The van der Waals surface area contributed by atoms with Crippen molar-refractivity contribution in [3.63, 3.8) is 0 Å². The third kappa shape index (κ3) is 18.6. The fraction of sp³-hybridized carbons (Fsp3) is 1.00. The SMILES string of the molecule is CCCCCCCCCCC(O)C(CCCCCCCCC)S(=O)(=O)[O-].[Na+]. The Kier molecular flexibility index (Phi) is 22.4. The molecule has 0 bridgehead atoms. The molecule has 0 heterocycles. The van der Waals surface area contributed by atoms with Crippen LogP contribution in [0.2, 0.25) is 0 Å². The third-order valence-electron chi connectivity index (χ3n) is 5.25. The summed E-state index contributed by atoms with van der Waals surface area (Å²) in [5, 5.41) is 9.09. The van der Waals surface area contributed by atoms with E-state index < -0.39 is 21.5 Å². The van der Waals surface area contributed by atoms with E-state index in [4.69, 9.17) is 0 Å². The molecule has 0 aliphatic carbocycles. The molecule has 4 nitrogen and oxygen atoms in total. The maximum atomic E-state index is 11.5. The zero-order valence-corrected chi connectivity index (χ0v) is 21.1. The maximum Gasteiger partial charge on any atom is 1.00 e. The average Bonchev–Trinajstić information content (AvgIpc) is 2.58. The van der Waals surface area contributed by atoms with Gasteiger partial charge in [-0.15, -0.1) is 0 Å². The third-order valence-corrected chi connectivity index (χ3v) is 6.54. The molecular formula is C21H43NaO4S. The topological polar surface area (TPSA) is 77.4 Å². The van der Waals surface area contributed by atoms with Crippen molar-refractivity contribution in [1.82, 2.24) is 0 Å². The Bertz CT molecular complexity index is 401. The van der Waals surface area contributed by atoms with Crippen LogP contribution in [0.4, 0.5) is 0 Å². The second-order valence-corrected chi connectivity index (χ2v) is 9.36. The number of hydrogen-bond donors (Lipinski definition) is 1. The van der Waals surface area contributed by atoms with E-state index in [1.807, 2.05) is 0 Å². The van der Waals surface area contributed by atoms with Crippen LogP contribution in [0.25, 0.3) is 0 Å². The van der Waals surface area contributed by atoms with Crippen molar-refractivity contribution in [3.05, 3.63) is 0 Å². The molecule has 0 rings (SSSR count). The van der Waals surface area contributed by atoms with Crippen molar-refractivity contribution in [2.24, 2.45) is 0 Å². The molecule has 0 radical (unpaired) electrons. The molecule has 0 spiro atoms. The van der Waals surface area contributed by atoms with E-state index in [0.29, 0.717) is 19.3 Å². The molecule has 0 saturated heterocycles. The Morgan fingerprint density at radius 2 is 1.00 bits per heavy atom. The van der Waals surface area contributed by atoms with Gasteiger partial charge in [-0.3, -0.25) is 0 Å². The zero-order chi connectivity index (χ0) is 19.7. The van der Waals surface area contributed by atoms with Crippen LogP contribution in [0.3, 0.4) is 0 Å². The van der Waals surface area contributed by atoms with Gasteiger partial charge in [0.05, 0.1) is 11.4 Å². The normalized spacial score (nSPS) is 13.9. The minimum Gasteiger partial charge on any atom is -0.748 e. The van der Waals surface area contributed by atoms with Crippen molar-refractivity contribution in [2.45, 2.75) is 134 Å². The summed E-state index contributed by atoms with van der Waals surface area (Å²) < 4.78 is 34.5. The van der Waals surface area contributed by atoms with Gasteiger partial charge in [0.1, 0.15) is 10.1 Å². The van der Waals surface area contributed by atoms with Crippen LogP contribution in [0.5, 0.6) is 0 Å². The summed E-state index contributed by atoms with van der Waals surface area (Å²) in [6.07, 6.45) is 16.5. The number of aliphatic hydroxyl groups is 1. The van der Waals surface area contributed by atoms with Crippen LogP contribution in [-0.4, -0.2) is 29.4 Å². The zero-order valence-electron chi connectivity index (χ0n) is 18.3. The van der Waals surface area contributed by atoms with Gasteiger partial charge in [0.25, 0.3) is 0 Å². The first-order valence-electron chi connectivity index (χ1n) is 11.1. The number of hydrogen-bond acceptors (Lipinski definition) is 4. The second-order valence-electron chi connectivity index (χ2n) is 7.77. The Morgan fingerprint density at radius 3 is 1.37 bits per heavy atom. The quantitative estimate of drug-likeness (QED) is 0.200. The molecule has 0 amide bonds. The van der Waals surface area contributed by atoms with Crippen LogP contribution in [0.15, 0.2) is 0 Å². The average molecular weight is 415 g/mol. The van der Waals surface area contributed by atoms with Gasteiger partial charge >= 0.3 is 29.6 Å². The first-order valence-corrected chi connectivity index (χ1v) is 12.5. The van der Waals surface area contributed by atoms with Gasteiger partial charge in [-0.2, -0.15) is 0 Å². The predicted octanol–water partition coefficient (Wildman–Crippen LogP) is 2.94. The largest absolute Gasteiger partial charge is 1.00 e. The Balaban J connectivity index is 0. The molecule has 0 fully saturated rings. The van der Waals surface area contributed by atoms with Crippen LogP contribution < -0.4 is 29.6 Å². The summed E-state index contributed by atoms with van der Waals surface area (Å²) >= 11 is 0. The second kappa shape index (κ2) is 20.2. The van der Waals surface area contributed by atoms with Crippen LogP contribution >= 0.6 is 0 Å². The summed E-state index contributed by atoms with van der Waals surface area (Å²) in [5.74, 6) is 0. The van der Waals surface area contributed by atoms with E-state index in [2.05, 4.69) is 13.8 Å². The van der Waals surface area contributed by atoms with Gasteiger partial charge in [0.15, 0.2) is 0 Å². The van der Waals surface area contributed by atoms with E-state index in [1.54, 1.807) is 0 Å². The Morgan fingerprint density at radius 1 is 0.667 bits per heavy atom. The van der Waals surface area contributed by atoms with Crippen LogP contribution in [-0.2, 0) is 10.1 Å². The van der Waals surface area contributed by atoms with E-state index in [-0.39, 0.29) is 29.6 Å². The predicted molar refractivity (Wildman–Crippen MR) is 109 cm³/mol. The van der Waals surface area contributed by atoms with Crippen molar-refractivity contribution < 1.29 is 47.6 Å². The molecular weight excluding hydrogens is 371 g/mol.